The minimum Gasteiger partial charge on any atom is -0.468 e. The van der Waals surface area contributed by atoms with Crippen molar-refractivity contribution in [3.63, 3.8) is 0 Å². The van der Waals surface area contributed by atoms with Crippen LogP contribution in [0.3, 0.4) is 0 Å². The van der Waals surface area contributed by atoms with Crippen LogP contribution in [0, 0.1) is 12.8 Å². The van der Waals surface area contributed by atoms with E-state index in [0.717, 1.165) is 0 Å². The van der Waals surface area contributed by atoms with E-state index in [1.807, 2.05) is 0 Å². The van der Waals surface area contributed by atoms with Gasteiger partial charge in [0, 0.05) is 16.1 Å². The fourth-order valence-electron chi connectivity index (χ4n) is 2.73. The molecule has 6 nitrogen and oxygen atoms in total. The highest BCUT2D eigenvalue weighted by Gasteiger charge is 2.44. The largest absolute Gasteiger partial charge is 0.468 e. The van der Waals surface area contributed by atoms with Gasteiger partial charge in [0.05, 0.1) is 12.8 Å². The summed E-state index contributed by atoms with van der Waals surface area (Å²) < 4.78 is 6.36. The maximum absolute atomic E-state index is 12.4. The van der Waals surface area contributed by atoms with Gasteiger partial charge in [-0.1, -0.05) is 29.3 Å². The third-order valence-electron chi connectivity index (χ3n) is 3.71. The fraction of sp³-hybridized carbons (Fsp3) is 0.267. The minimum absolute atomic E-state index is 0.352. The molecule has 2 atom stereocenters. The summed E-state index contributed by atoms with van der Waals surface area (Å²) in [4.78, 5) is 24.6. The second-order valence-corrected chi connectivity index (χ2v) is 6.06. The molecule has 0 bridgehead atoms. The molecule has 2 aromatic rings. The first-order chi connectivity index (χ1) is 10.9. The fourth-order valence-corrected chi connectivity index (χ4v) is 3.25. The first-order valence-corrected chi connectivity index (χ1v) is 7.57. The molecule has 1 aliphatic rings. The highest BCUT2D eigenvalue weighted by Crippen LogP contribution is 2.39. The van der Waals surface area contributed by atoms with Crippen LogP contribution in [0.1, 0.15) is 17.3 Å². The number of nitrogens with one attached hydrogen (secondary N) is 1. The molecule has 1 amide bonds. The molecule has 2 unspecified atom stereocenters. The third kappa shape index (κ3) is 2.68. The molecule has 0 aliphatic carbocycles. The third-order valence-corrected chi connectivity index (χ3v) is 4.27. The van der Waals surface area contributed by atoms with Gasteiger partial charge < -0.3 is 10.1 Å². The number of aryl methyl sites for hydroxylation is 1. The number of rotatable bonds is 2. The van der Waals surface area contributed by atoms with Gasteiger partial charge in [0.15, 0.2) is 5.92 Å². The van der Waals surface area contributed by atoms with Crippen LogP contribution in [0.4, 0.5) is 5.82 Å². The molecule has 0 spiro atoms. The van der Waals surface area contributed by atoms with E-state index < -0.39 is 23.8 Å². The second kappa shape index (κ2) is 5.86. The predicted octanol–water partition coefficient (Wildman–Crippen LogP) is 2.83. The number of carbonyl (C=O) groups excluding carboxylic acids is 2. The van der Waals surface area contributed by atoms with Gasteiger partial charge in [-0.05, 0) is 24.6 Å². The van der Waals surface area contributed by atoms with Crippen molar-refractivity contribution in [2.24, 2.45) is 5.92 Å². The molecular formula is C15H13Cl2N3O3. The summed E-state index contributed by atoms with van der Waals surface area (Å²) in [5.74, 6) is -1.70. The lowest BCUT2D eigenvalue weighted by atomic mass is 9.90. The molecule has 23 heavy (non-hydrogen) atoms. The van der Waals surface area contributed by atoms with E-state index in [4.69, 9.17) is 27.9 Å². The van der Waals surface area contributed by atoms with Gasteiger partial charge >= 0.3 is 5.97 Å². The van der Waals surface area contributed by atoms with Crippen LogP contribution in [0.2, 0.25) is 10.0 Å². The van der Waals surface area contributed by atoms with Gasteiger partial charge in [-0.25, -0.2) is 4.68 Å². The van der Waals surface area contributed by atoms with E-state index in [2.05, 4.69) is 10.4 Å². The monoisotopic (exact) mass is 353 g/mol. The number of hydrogen-bond donors (Lipinski definition) is 1. The molecule has 120 valence electrons. The van der Waals surface area contributed by atoms with Crippen LogP contribution >= 0.6 is 23.2 Å². The Morgan fingerprint density at radius 2 is 2.09 bits per heavy atom. The number of methoxy groups -OCH3 is 1. The van der Waals surface area contributed by atoms with Crippen LogP contribution in [0.15, 0.2) is 24.3 Å². The summed E-state index contributed by atoms with van der Waals surface area (Å²) in [6, 6.07) is 5.92. The Bertz CT molecular complexity index is 803. The molecular weight excluding hydrogens is 341 g/mol. The molecule has 2 heterocycles. The molecule has 0 radical (unpaired) electrons. The standard InChI is InChI=1S/C15H13Cl2N3O3/c1-7-5-11-18-14(21)12(15(22)23-2)13(20(11)19-7)9-4-3-8(16)6-10(9)17/h3-6,12-13H,1-2H3,(H,18,21). The smallest absolute Gasteiger partial charge is 0.320 e. The summed E-state index contributed by atoms with van der Waals surface area (Å²) in [6.45, 7) is 1.80. The summed E-state index contributed by atoms with van der Waals surface area (Å²) >= 11 is 12.2. The molecule has 1 aliphatic heterocycles. The van der Waals surface area contributed by atoms with Crippen LogP contribution < -0.4 is 5.32 Å². The van der Waals surface area contributed by atoms with Gasteiger partial charge in [-0.15, -0.1) is 0 Å². The number of halogens is 2. The molecule has 1 aromatic carbocycles. The highest BCUT2D eigenvalue weighted by atomic mass is 35.5. The maximum Gasteiger partial charge on any atom is 0.320 e. The average Bonchev–Trinajstić information content (AvgIpc) is 2.85. The number of anilines is 1. The maximum atomic E-state index is 12.4. The molecule has 1 aromatic heterocycles. The average molecular weight is 354 g/mol. The minimum atomic E-state index is -1.09. The van der Waals surface area contributed by atoms with Gasteiger partial charge in [0.1, 0.15) is 11.9 Å². The Morgan fingerprint density at radius 1 is 1.35 bits per heavy atom. The number of benzene rings is 1. The van der Waals surface area contributed by atoms with Gasteiger partial charge in [-0.2, -0.15) is 5.10 Å². The van der Waals surface area contributed by atoms with E-state index in [1.54, 1.807) is 35.9 Å². The molecule has 8 heteroatoms. The van der Waals surface area contributed by atoms with Crippen molar-refractivity contribution in [2.75, 3.05) is 12.4 Å². The zero-order valence-corrected chi connectivity index (χ0v) is 13.9. The van der Waals surface area contributed by atoms with Gasteiger partial charge in [0.2, 0.25) is 5.91 Å². The van der Waals surface area contributed by atoms with Crippen molar-refractivity contribution in [3.8, 4) is 0 Å². The van der Waals surface area contributed by atoms with Crippen molar-refractivity contribution in [1.29, 1.82) is 0 Å². The Hall–Kier alpha value is -2.05. The molecule has 3 rings (SSSR count). The van der Waals surface area contributed by atoms with Crippen molar-refractivity contribution >= 4 is 40.9 Å². The quantitative estimate of drug-likeness (QED) is 0.665. The lowest BCUT2D eigenvalue weighted by molar-refractivity contribution is -0.150. The predicted molar refractivity (Wildman–Crippen MR) is 85.7 cm³/mol. The number of fused-ring (bicyclic) bond motifs is 1. The number of ether oxygens (including phenoxy) is 1. The first-order valence-electron chi connectivity index (χ1n) is 6.82. The topological polar surface area (TPSA) is 73.2 Å². The number of hydrogen-bond acceptors (Lipinski definition) is 4. The van der Waals surface area contributed by atoms with Crippen molar-refractivity contribution < 1.29 is 14.3 Å². The SMILES string of the molecule is COC(=O)C1C(=O)Nc2cc(C)nn2C1c1ccc(Cl)cc1Cl. The lowest BCUT2D eigenvalue weighted by Gasteiger charge is -2.31. The molecule has 0 saturated carbocycles. The number of carbonyl (C=O) groups is 2. The van der Waals surface area contributed by atoms with Gasteiger partial charge in [-0.3, -0.25) is 9.59 Å². The van der Waals surface area contributed by atoms with E-state index >= 15 is 0 Å². The van der Waals surface area contributed by atoms with E-state index in [9.17, 15) is 9.59 Å². The molecule has 0 saturated heterocycles. The Morgan fingerprint density at radius 3 is 2.74 bits per heavy atom. The van der Waals surface area contributed by atoms with Crippen LogP contribution in [0.5, 0.6) is 0 Å². The normalized spacial score (nSPS) is 19.9. The summed E-state index contributed by atoms with van der Waals surface area (Å²) in [7, 11) is 1.24. The van der Waals surface area contributed by atoms with Crippen molar-refractivity contribution in [2.45, 2.75) is 13.0 Å². The van der Waals surface area contributed by atoms with Crippen LogP contribution in [-0.2, 0) is 14.3 Å². The molecule has 1 N–H and O–H groups in total. The Balaban J connectivity index is 2.21. The Labute approximate surface area is 142 Å². The van der Waals surface area contributed by atoms with Crippen LogP contribution in [-0.4, -0.2) is 28.8 Å². The lowest BCUT2D eigenvalue weighted by Crippen LogP contribution is -2.43. The van der Waals surface area contributed by atoms with Crippen LogP contribution in [0.25, 0.3) is 0 Å². The summed E-state index contributed by atoms with van der Waals surface area (Å²) in [6.07, 6.45) is 0. The second-order valence-electron chi connectivity index (χ2n) is 5.22. The number of amides is 1. The molecule has 0 fully saturated rings. The number of nitrogens with zero attached hydrogens (tertiary/aromatic N) is 2. The summed E-state index contributed by atoms with van der Waals surface area (Å²) in [5, 5.41) is 7.86. The van der Waals surface area contributed by atoms with E-state index in [0.29, 0.717) is 27.1 Å². The highest BCUT2D eigenvalue weighted by molar-refractivity contribution is 6.35. The zero-order chi connectivity index (χ0) is 16.7. The van der Waals surface area contributed by atoms with Gasteiger partial charge in [0.25, 0.3) is 0 Å². The van der Waals surface area contributed by atoms with Crippen molar-refractivity contribution in [1.82, 2.24) is 9.78 Å². The van der Waals surface area contributed by atoms with E-state index in [1.165, 1.54) is 7.11 Å². The first kappa shape index (κ1) is 15.8. The van der Waals surface area contributed by atoms with E-state index in [-0.39, 0.29) is 0 Å². The Kier molecular flexibility index (Phi) is 4.04. The number of esters is 1. The zero-order valence-electron chi connectivity index (χ0n) is 12.3. The summed E-state index contributed by atoms with van der Waals surface area (Å²) in [5.41, 5.74) is 1.28. The van der Waals surface area contributed by atoms with Crippen molar-refractivity contribution in [3.05, 3.63) is 45.6 Å². The number of aromatic nitrogens is 2.